The molecule has 34 heavy (non-hydrogen) atoms. The quantitative estimate of drug-likeness (QED) is 0.455. The molecule has 0 aromatic heterocycles. The fraction of sp³-hybridized carbons (Fsp3) is 0.778. The molecule has 0 radical (unpaired) electrons. The molecule has 1 aromatic rings. The van der Waals surface area contributed by atoms with Crippen molar-refractivity contribution in [1.82, 2.24) is 0 Å². The van der Waals surface area contributed by atoms with E-state index < -0.39 is 48.3 Å². The maximum atomic E-state index is 15.6. The highest BCUT2D eigenvalue weighted by atomic mass is 19.1. The van der Waals surface area contributed by atoms with Crippen LogP contribution >= 0.6 is 0 Å². The van der Waals surface area contributed by atoms with Gasteiger partial charge in [0, 0.05) is 18.4 Å². The molecular weight excluding hydrogens is 440 g/mol. The molecule has 192 valence electrons. The van der Waals surface area contributed by atoms with E-state index in [0.29, 0.717) is 19.4 Å². The van der Waals surface area contributed by atoms with Crippen LogP contribution in [0.2, 0.25) is 0 Å². The Labute approximate surface area is 202 Å². The number of hydrogen-bond acceptors (Lipinski definition) is 5. The van der Waals surface area contributed by atoms with Crippen molar-refractivity contribution in [3.8, 4) is 0 Å². The highest BCUT2D eigenvalue weighted by molar-refractivity contribution is 5.18. The molecule has 0 amide bonds. The number of halogens is 2. The molecule has 0 bridgehead atoms. The van der Waals surface area contributed by atoms with Gasteiger partial charge in [-0.05, 0) is 45.1 Å². The first-order valence-corrected chi connectivity index (χ1v) is 12.9. The fourth-order valence-electron chi connectivity index (χ4n) is 5.95. The van der Waals surface area contributed by atoms with E-state index in [1.807, 2.05) is 44.2 Å². The van der Waals surface area contributed by atoms with Crippen LogP contribution in [0.4, 0.5) is 8.78 Å². The summed E-state index contributed by atoms with van der Waals surface area (Å²) in [5, 5.41) is 0. The number of ether oxygens (including phenoxy) is 4. The largest absolute Gasteiger partial charge is 0.365 e. The Hall–Kier alpha value is -1.12. The van der Waals surface area contributed by atoms with Crippen molar-refractivity contribution in [3.05, 3.63) is 35.9 Å². The van der Waals surface area contributed by atoms with Crippen molar-refractivity contribution >= 4 is 0 Å². The van der Waals surface area contributed by atoms with Crippen LogP contribution < -0.4 is 5.73 Å². The monoisotopic (exact) mass is 481 g/mol. The van der Waals surface area contributed by atoms with Gasteiger partial charge in [-0.3, -0.25) is 0 Å². The van der Waals surface area contributed by atoms with Gasteiger partial charge in [-0.2, -0.15) is 0 Å². The minimum absolute atomic E-state index is 0.226. The summed E-state index contributed by atoms with van der Waals surface area (Å²) in [6.07, 6.45) is 0.334. The smallest absolute Gasteiger partial charge is 0.190 e. The second kappa shape index (κ2) is 10.5. The standard InChI is InChI=1S/C27H41F2NO4/c1-5-18(12-9-13-21(28)17(2)30)14-20-22(29)15-27(31-16-19-10-7-6-8-11-19)23(20)32-25-24(27)33-26(3,4)34-25/h6-8,10-11,17-18,20-25H,5,9,12-16,30H2,1-4H3/t17?,18?,20-,21?,22+,23-,24+,25-,27-/m1/s1. The minimum atomic E-state index is -1.05. The van der Waals surface area contributed by atoms with Gasteiger partial charge < -0.3 is 24.7 Å². The van der Waals surface area contributed by atoms with Crippen LogP contribution in [-0.4, -0.2) is 48.3 Å². The summed E-state index contributed by atoms with van der Waals surface area (Å²) in [6, 6.07) is 9.44. The molecule has 1 aromatic carbocycles. The molecule has 2 N–H and O–H groups in total. The van der Waals surface area contributed by atoms with Crippen molar-refractivity contribution in [2.75, 3.05) is 0 Å². The van der Waals surface area contributed by atoms with Gasteiger partial charge >= 0.3 is 0 Å². The average molecular weight is 482 g/mol. The first-order valence-electron chi connectivity index (χ1n) is 12.9. The van der Waals surface area contributed by atoms with E-state index in [-0.39, 0.29) is 18.3 Å². The van der Waals surface area contributed by atoms with Crippen molar-refractivity contribution in [2.24, 2.45) is 17.6 Å². The third-order valence-electron chi connectivity index (χ3n) is 7.87. The van der Waals surface area contributed by atoms with Gasteiger partial charge in [-0.1, -0.05) is 56.5 Å². The summed E-state index contributed by atoms with van der Waals surface area (Å²) in [5.41, 5.74) is 5.80. The molecule has 1 aliphatic carbocycles. The minimum Gasteiger partial charge on any atom is -0.365 e. The van der Waals surface area contributed by atoms with E-state index in [1.54, 1.807) is 6.92 Å². The third kappa shape index (κ3) is 5.34. The van der Waals surface area contributed by atoms with Crippen LogP contribution in [0.3, 0.4) is 0 Å². The van der Waals surface area contributed by atoms with E-state index >= 15 is 4.39 Å². The predicted octanol–water partition coefficient (Wildman–Crippen LogP) is 5.45. The fourth-order valence-corrected chi connectivity index (χ4v) is 5.95. The first-order chi connectivity index (χ1) is 16.1. The van der Waals surface area contributed by atoms with Gasteiger partial charge in [-0.25, -0.2) is 8.78 Å². The summed E-state index contributed by atoms with van der Waals surface area (Å²) in [5.74, 6) is -0.825. The molecule has 3 fully saturated rings. The topological polar surface area (TPSA) is 62.9 Å². The maximum absolute atomic E-state index is 15.6. The summed E-state index contributed by atoms with van der Waals surface area (Å²) in [6.45, 7) is 7.87. The lowest BCUT2D eigenvalue weighted by molar-refractivity contribution is -0.237. The molecule has 3 aliphatic rings. The van der Waals surface area contributed by atoms with Gasteiger partial charge in [0.25, 0.3) is 0 Å². The lowest BCUT2D eigenvalue weighted by Gasteiger charge is -2.35. The zero-order chi connectivity index (χ0) is 24.5. The maximum Gasteiger partial charge on any atom is 0.190 e. The normalized spacial score (nSPS) is 36.7. The van der Waals surface area contributed by atoms with E-state index in [9.17, 15) is 4.39 Å². The predicted molar refractivity (Wildman–Crippen MR) is 126 cm³/mol. The molecule has 2 heterocycles. The third-order valence-corrected chi connectivity index (χ3v) is 7.87. The first kappa shape index (κ1) is 26.0. The number of rotatable bonds is 11. The highest BCUT2D eigenvalue weighted by Crippen LogP contribution is 2.56. The van der Waals surface area contributed by atoms with Gasteiger partial charge in [0.05, 0.1) is 12.7 Å². The molecule has 9 atom stereocenters. The summed E-state index contributed by atoms with van der Waals surface area (Å²) < 4.78 is 54.7. The summed E-state index contributed by atoms with van der Waals surface area (Å²) in [4.78, 5) is 0. The Kier molecular flexibility index (Phi) is 7.99. The molecule has 5 nitrogen and oxygen atoms in total. The number of alkyl halides is 2. The molecule has 0 spiro atoms. The zero-order valence-corrected chi connectivity index (χ0v) is 20.9. The second-order valence-corrected chi connectivity index (χ2v) is 10.9. The SMILES string of the molecule is CCC(CCCC(F)C(C)N)C[C@H]1[C@H]2O[C@@H]3OC(C)(C)O[C@@H]3[C@@]2(OCc2ccccc2)C[C@@H]1F. The zero-order valence-electron chi connectivity index (χ0n) is 20.9. The molecule has 4 rings (SSSR count). The highest BCUT2D eigenvalue weighted by Gasteiger charge is 2.70. The average Bonchev–Trinajstić information content (AvgIpc) is 3.35. The number of hydrogen-bond donors (Lipinski definition) is 1. The second-order valence-electron chi connectivity index (χ2n) is 10.9. The Morgan fingerprint density at radius 2 is 1.88 bits per heavy atom. The van der Waals surface area contributed by atoms with E-state index in [0.717, 1.165) is 24.8 Å². The van der Waals surface area contributed by atoms with Crippen LogP contribution in [0.1, 0.15) is 71.8 Å². The summed E-state index contributed by atoms with van der Waals surface area (Å²) >= 11 is 0. The Morgan fingerprint density at radius 1 is 1.15 bits per heavy atom. The van der Waals surface area contributed by atoms with Crippen molar-refractivity contribution < 1.29 is 27.7 Å². The van der Waals surface area contributed by atoms with Gasteiger partial charge in [0.15, 0.2) is 12.1 Å². The Balaban J connectivity index is 1.47. The van der Waals surface area contributed by atoms with Gasteiger partial charge in [-0.15, -0.1) is 0 Å². The van der Waals surface area contributed by atoms with Crippen LogP contribution in [0, 0.1) is 11.8 Å². The van der Waals surface area contributed by atoms with Crippen LogP contribution in [-0.2, 0) is 25.6 Å². The van der Waals surface area contributed by atoms with Crippen molar-refractivity contribution in [3.63, 3.8) is 0 Å². The number of fused-ring (bicyclic) bond motifs is 3. The molecule has 1 saturated carbocycles. The molecule has 2 aliphatic heterocycles. The van der Waals surface area contributed by atoms with E-state index in [1.165, 1.54) is 0 Å². The van der Waals surface area contributed by atoms with Crippen molar-refractivity contribution in [1.29, 1.82) is 0 Å². The molecule has 7 heteroatoms. The van der Waals surface area contributed by atoms with E-state index in [2.05, 4.69) is 6.92 Å². The van der Waals surface area contributed by atoms with Crippen molar-refractivity contribution in [2.45, 2.75) is 121 Å². The van der Waals surface area contributed by atoms with Crippen LogP contribution in [0.25, 0.3) is 0 Å². The summed E-state index contributed by atoms with van der Waals surface area (Å²) in [7, 11) is 0. The van der Waals surface area contributed by atoms with E-state index in [4.69, 9.17) is 24.7 Å². The lowest BCUT2D eigenvalue weighted by atomic mass is 9.84. The number of benzene rings is 1. The van der Waals surface area contributed by atoms with Crippen LogP contribution in [0.5, 0.6) is 0 Å². The number of nitrogens with two attached hydrogens (primary N) is 1. The lowest BCUT2D eigenvalue weighted by Crippen LogP contribution is -2.49. The van der Waals surface area contributed by atoms with Gasteiger partial charge in [0.1, 0.15) is 24.0 Å². The molecule has 2 saturated heterocycles. The molecule has 3 unspecified atom stereocenters. The molecular formula is C27H41F2NO4. The Morgan fingerprint density at radius 3 is 2.56 bits per heavy atom. The van der Waals surface area contributed by atoms with Crippen LogP contribution in [0.15, 0.2) is 30.3 Å². The van der Waals surface area contributed by atoms with Gasteiger partial charge in [0.2, 0.25) is 0 Å². The Bertz CT molecular complexity index is 794.